The van der Waals surface area contributed by atoms with Crippen LogP contribution < -0.4 is 10.1 Å². The average molecular weight is 408 g/mol. The van der Waals surface area contributed by atoms with Crippen LogP contribution in [0.3, 0.4) is 0 Å². The molecule has 0 spiro atoms. The summed E-state index contributed by atoms with van der Waals surface area (Å²) in [5.74, 6) is 1.33. The summed E-state index contributed by atoms with van der Waals surface area (Å²) in [6.45, 7) is 0.811. The van der Waals surface area contributed by atoms with Crippen molar-refractivity contribution in [1.82, 2.24) is 9.55 Å². The summed E-state index contributed by atoms with van der Waals surface area (Å²) in [5.41, 5.74) is 3.19. The number of aromatic nitrogens is 2. The first-order chi connectivity index (χ1) is 14.7. The van der Waals surface area contributed by atoms with Crippen molar-refractivity contribution in [2.24, 2.45) is 0 Å². The van der Waals surface area contributed by atoms with Gasteiger partial charge in [0.15, 0.2) is 0 Å². The predicted octanol–water partition coefficient (Wildman–Crippen LogP) is 5.73. The van der Waals surface area contributed by atoms with Gasteiger partial charge >= 0.3 is 6.16 Å². The average Bonchev–Trinajstić information content (AvgIpc) is 2.93. The molecule has 6 heteroatoms. The van der Waals surface area contributed by atoms with Crippen molar-refractivity contribution in [1.29, 1.82) is 0 Å². The topological polar surface area (TPSA) is 65.4 Å². The van der Waals surface area contributed by atoms with E-state index in [0.717, 1.165) is 29.9 Å². The highest BCUT2D eigenvalue weighted by Gasteiger charge is 2.21. The molecule has 1 aromatic heterocycles. The van der Waals surface area contributed by atoms with Crippen LogP contribution in [0.25, 0.3) is 11.0 Å². The minimum Gasteiger partial charge on any atom is -0.437 e. The molecule has 1 saturated carbocycles. The number of nitrogens with one attached hydrogen (secondary N) is 1. The fourth-order valence-electron chi connectivity index (χ4n) is 4.25. The highest BCUT2D eigenvalue weighted by molar-refractivity contribution is 5.81. The van der Waals surface area contributed by atoms with Crippen LogP contribution >= 0.6 is 0 Å². The van der Waals surface area contributed by atoms with Gasteiger partial charge < -0.3 is 19.4 Å². The van der Waals surface area contributed by atoms with E-state index in [-0.39, 0.29) is 0 Å². The van der Waals surface area contributed by atoms with Crippen molar-refractivity contribution >= 4 is 23.1 Å². The van der Waals surface area contributed by atoms with Crippen LogP contribution in [0.15, 0.2) is 48.5 Å². The van der Waals surface area contributed by atoms with Gasteiger partial charge in [-0.1, -0.05) is 56.0 Å². The van der Waals surface area contributed by atoms with Gasteiger partial charge in [-0.05, 0) is 37.0 Å². The van der Waals surface area contributed by atoms with Crippen molar-refractivity contribution in [3.8, 4) is 5.75 Å². The third-order valence-electron chi connectivity index (χ3n) is 5.76. The summed E-state index contributed by atoms with van der Waals surface area (Å²) in [7, 11) is 1.30. The summed E-state index contributed by atoms with van der Waals surface area (Å²) >= 11 is 0. The predicted molar refractivity (Wildman–Crippen MR) is 118 cm³/mol. The van der Waals surface area contributed by atoms with Crippen LogP contribution in [0.5, 0.6) is 5.75 Å². The molecule has 1 aliphatic rings. The molecular formula is C24H29N3O3. The Morgan fingerprint density at radius 2 is 1.87 bits per heavy atom. The number of imidazole rings is 1. The molecular weight excluding hydrogens is 378 g/mol. The van der Waals surface area contributed by atoms with Gasteiger partial charge in [-0.2, -0.15) is 0 Å². The zero-order valence-corrected chi connectivity index (χ0v) is 17.5. The van der Waals surface area contributed by atoms with Crippen LogP contribution in [-0.2, 0) is 11.2 Å². The zero-order valence-electron chi connectivity index (χ0n) is 17.5. The number of fused-ring (bicyclic) bond motifs is 1. The Hall–Kier alpha value is -3.02. The fraction of sp³-hybridized carbons (Fsp3) is 0.417. The van der Waals surface area contributed by atoms with Crippen molar-refractivity contribution in [2.75, 3.05) is 19.0 Å². The number of nitrogens with zero attached hydrogens (tertiary/aromatic N) is 2. The van der Waals surface area contributed by atoms with Crippen molar-refractivity contribution in [3.63, 3.8) is 0 Å². The quantitative estimate of drug-likeness (QED) is 0.321. The van der Waals surface area contributed by atoms with Gasteiger partial charge in [0.2, 0.25) is 5.95 Å². The fourth-order valence-corrected chi connectivity index (χ4v) is 4.25. The third kappa shape index (κ3) is 4.75. The number of rotatable bonds is 6. The molecule has 1 aliphatic carbocycles. The number of carbonyl (C=O) groups excluding carboxylic acids is 1. The molecule has 2 aromatic carbocycles. The molecule has 0 unspecified atom stereocenters. The normalized spacial score (nSPS) is 15.0. The van der Waals surface area contributed by atoms with E-state index < -0.39 is 6.16 Å². The Morgan fingerprint density at radius 1 is 1.10 bits per heavy atom. The first-order valence-corrected chi connectivity index (χ1v) is 10.8. The Labute approximate surface area is 177 Å². The van der Waals surface area contributed by atoms with E-state index in [1.54, 1.807) is 0 Å². The Morgan fingerprint density at radius 3 is 2.60 bits per heavy atom. The van der Waals surface area contributed by atoms with E-state index in [4.69, 9.17) is 9.72 Å². The molecule has 158 valence electrons. The maximum atomic E-state index is 11.5. The molecule has 0 atom stereocenters. The third-order valence-corrected chi connectivity index (χ3v) is 5.76. The van der Waals surface area contributed by atoms with E-state index in [0.29, 0.717) is 11.8 Å². The van der Waals surface area contributed by atoms with E-state index in [9.17, 15) is 4.79 Å². The van der Waals surface area contributed by atoms with Gasteiger partial charge in [0, 0.05) is 18.7 Å². The second-order valence-corrected chi connectivity index (χ2v) is 7.82. The highest BCUT2D eigenvalue weighted by atomic mass is 16.7. The van der Waals surface area contributed by atoms with Gasteiger partial charge in [0.1, 0.15) is 5.75 Å². The number of methoxy groups -OCH3 is 1. The summed E-state index contributed by atoms with van der Waals surface area (Å²) in [5, 5.41) is 3.56. The smallest absolute Gasteiger partial charge is 0.437 e. The number of ether oxygens (including phenoxy) is 2. The lowest BCUT2D eigenvalue weighted by atomic mass is 10.1. The number of benzene rings is 2. The first-order valence-electron chi connectivity index (χ1n) is 10.8. The van der Waals surface area contributed by atoms with Gasteiger partial charge in [-0.3, -0.25) is 0 Å². The molecule has 0 aliphatic heterocycles. The highest BCUT2D eigenvalue weighted by Crippen LogP contribution is 2.34. The van der Waals surface area contributed by atoms with Gasteiger partial charge in [-0.25, -0.2) is 9.78 Å². The van der Waals surface area contributed by atoms with E-state index in [2.05, 4.69) is 38.9 Å². The lowest BCUT2D eigenvalue weighted by Gasteiger charge is -2.20. The van der Waals surface area contributed by atoms with Crippen LogP contribution in [0, 0.1) is 0 Å². The molecule has 1 fully saturated rings. The zero-order chi connectivity index (χ0) is 20.8. The molecule has 0 bridgehead atoms. The Bertz CT molecular complexity index is 976. The molecule has 1 N–H and O–H groups in total. The summed E-state index contributed by atoms with van der Waals surface area (Å²) in [4.78, 5) is 16.3. The van der Waals surface area contributed by atoms with Crippen molar-refractivity contribution < 1.29 is 14.3 Å². The number of hydrogen-bond acceptors (Lipinski definition) is 5. The lowest BCUT2D eigenvalue weighted by molar-refractivity contribution is 0.121. The number of hydrogen-bond donors (Lipinski definition) is 1. The van der Waals surface area contributed by atoms with Crippen molar-refractivity contribution in [3.05, 3.63) is 54.1 Å². The molecule has 3 aromatic rings. The second kappa shape index (κ2) is 9.65. The molecule has 0 amide bonds. The molecule has 30 heavy (non-hydrogen) atoms. The van der Waals surface area contributed by atoms with E-state index in [1.807, 2.05) is 24.3 Å². The van der Waals surface area contributed by atoms with Gasteiger partial charge in [-0.15, -0.1) is 0 Å². The first kappa shape index (κ1) is 20.3. The van der Waals surface area contributed by atoms with E-state index in [1.165, 1.54) is 51.2 Å². The maximum absolute atomic E-state index is 11.5. The lowest BCUT2D eigenvalue weighted by Crippen LogP contribution is -2.15. The van der Waals surface area contributed by atoms with E-state index >= 15 is 0 Å². The second-order valence-electron chi connectivity index (χ2n) is 7.82. The summed E-state index contributed by atoms with van der Waals surface area (Å²) in [6, 6.07) is 16.5. The minimum absolute atomic E-state index is 0.434. The molecule has 0 radical (unpaired) electrons. The number of anilines is 1. The SMILES string of the molecule is COC(=O)Oc1ccc2c(c1)nc(NCCc1ccccc1)n2C1CCCCCC1. The summed E-state index contributed by atoms with van der Waals surface area (Å²) < 4.78 is 12.1. The molecule has 6 nitrogen and oxygen atoms in total. The molecule has 0 saturated heterocycles. The molecule has 1 heterocycles. The minimum atomic E-state index is -0.723. The standard InChI is InChI=1S/C24H29N3O3/c1-29-24(28)30-20-13-14-22-21(17-20)26-23(25-16-15-18-9-5-4-6-10-18)27(22)19-11-7-2-3-8-12-19/h4-6,9-10,13-14,17,19H,2-3,7-8,11-12,15-16H2,1H3,(H,25,26). The maximum Gasteiger partial charge on any atom is 0.513 e. The van der Waals surface area contributed by atoms with Crippen LogP contribution in [0.2, 0.25) is 0 Å². The van der Waals surface area contributed by atoms with Crippen LogP contribution in [0.1, 0.15) is 50.1 Å². The van der Waals surface area contributed by atoms with Gasteiger partial charge in [0.05, 0.1) is 18.1 Å². The van der Waals surface area contributed by atoms with Crippen molar-refractivity contribution in [2.45, 2.75) is 51.0 Å². The number of carbonyl (C=O) groups is 1. The summed E-state index contributed by atoms with van der Waals surface area (Å²) in [6.07, 6.45) is 7.64. The van der Waals surface area contributed by atoms with Crippen LogP contribution in [-0.4, -0.2) is 29.4 Å². The van der Waals surface area contributed by atoms with Gasteiger partial charge in [0.25, 0.3) is 0 Å². The Balaban J connectivity index is 1.61. The monoisotopic (exact) mass is 407 g/mol. The molecule has 4 rings (SSSR count). The van der Waals surface area contributed by atoms with Crippen LogP contribution in [0.4, 0.5) is 10.7 Å². The Kier molecular flexibility index (Phi) is 6.52. The largest absolute Gasteiger partial charge is 0.513 e.